The molecule has 1 aromatic carbocycles. The number of hydrogen-bond acceptors (Lipinski definition) is 5. The molecule has 0 aromatic heterocycles. The van der Waals surface area contributed by atoms with Gasteiger partial charge in [0.2, 0.25) is 0 Å². The second-order valence-corrected chi connectivity index (χ2v) is 6.22. The summed E-state index contributed by atoms with van der Waals surface area (Å²) in [5, 5.41) is 8.68. The van der Waals surface area contributed by atoms with Crippen molar-refractivity contribution in [3.05, 3.63) is 23.8 Å². The molecule has 1 heterocycles. The third-order valence-electron chi connectivity index (χ3n) is 3.97. The van der Waals surface area contributed by atoms with E-state index in [4.69, 9.17) is 19.2 Å². The normalized spacial score (nSPS) is 19.0. The van der Waals surface area contributed by atoms with Crippen LogP contribution in [0, 0.1) is 0 Å². The quantitative estimate of drug-likeness (QED) is 0.651. The highest BCUT2D eigenvalue weighted by atomic mass is 16.7. The molecule has 0 saturated carbocycles. The molecule has 1 aliphatic heterocycles. The van der Waals surface area contributed by atoms with E-state index < -0.39 is 30.9 Å². The molecule has 2 rings (SSSR count). The van der Waals surface area contributed by atoms with Gasteiger partial charge in [0.25, 0.3) is 0 Å². The van der Waals surface area contributed by atoms with Crippen molar-refractivity contribution in [1.82, 2.24) is 0 Å². The summed E-state index contributed by atoms with van der Waals surface area (Å²) in [5.41, 5.74) is -0.0235. The molecular weight excluding hydrogens is 287 g/mol. The zero-order valence-corrected chi connectivity index (χ0v) is 13.1. The van der Waals surface area contributed by atoms with Crippen LogP contribution in [0.4, 0.5) is 0 Å². The lowest BCUT2D eigenvalue weighted by atomic mass is 9.78. The Bertz CT molecular complexity index is 580. The van der Waals surface area contributed by atoms with Gasteiger partial charge in [0.15, 0.2) is 6.61 Å². The van der Waals surface area contributed by atoms with Crippen LogP contribution in [0.15, 0.2) is 18.2 Å². The van der Waals surface area contributed by atoms with E-state index in [9.17, 15) is 9.59 Å². The number of carbonyl (C=O) groups excluding carboxylic acids is 1. The minimum Gasteiger partial charge on any atom is -0.482 e. The van der Waals surface area contributed by atoms with Gasteiger partial charge in [-0.05, 0) is 45.3 Å². The molecule has 118 valence electrons. The predicted octanol–water partition coefficient (Wildman–Crippen LogP) is 1.26. The maximum Gasteiger partial charge on any atom is 0.494 e. The number of hydrogen-bond donors (Lipinski definition) is 1. The number of carboxylic acids is 1. The topological polar surface area (TPSA) is 82.1 Å². The summed E-state index contributed by atoms with van der Waals surface area (Å²) < 4.78 is 17.0. The van der Waals surface area contributed by atoms with Gasteiger partial charge in [0.1, 0.15) is 12.0 Å². The van der Waals surface area contributed by atoms with Gasteiger partial charge in [0, 0.05) is 5.56 Å². The van der Waals surface area contributed by atoms with Gasteiger partial charge in [-0.2, -0.15) is 0 Å². The number of aliphatic carboxylic acids is 1. The summed E-state index contributed by atoms with van der Waals surface area (Å²) in [4.78, 5) is 21.7. The Labute approximate surface area is 129 Å². The number of rotatable bonds is 5. The molecule has 0 bridgehead atoms. The Morgan fingerprint density at radius 1 is 1.23 bits per heavy atom. The highest BCUT2D eigenvalue weighted by Gasteiger charge is 2.51. The van der Waals surface area contributed by atoms with Crippen molar-refractivity contribution < 1.29 is 28.7 Å². The first kappa shape index (κ1) is 16.5. The highest BCUT2D eigenvalue weighted by molar-refractivity contribution is 6.62. The van der Waals surface area contributed by atoms with E-state index in [0.717, 1.165) is 0 Å². The molecule has 0 amide bonds. The van der Waals surface area contributed by atoms with E-state index in [1.54, 1.807) is 12.1 Å². The van der Waals surface area contributed by atoms with Crippen LogP contribution in [0.1, 0.15) is 38.1 Å². The van der Waals surface area contributed by atoms with Crippen molar-refractivity contribution in [2.24, 2.45) is 0 Å². The minimum absolute atomic E-state index is 0.289. The molecule has 1 N–H and O–H groups in total. The van der Waals surface area contributed by atoms with Crippen molar-refractivity contribution in [3.63, 3.8) is 0 Å². The Kier molecular flexibility index (Phi) is 4.31. The fourth-order valence-corrected chi connectivity index (χ4v) is 2.06. The minimum atomic E-state index is -1.09. The van der Waals surface area contributed by atoms with E-state index in [0.29, 0.717) is 17.3 Å². The zero-order valence-electron chi connectivity index (χ0n) is 13.1. The van der Waals surface area contributed by atoms with Gasteiger partial charge in [-0.3, -0.25) is 4.79 Å². The molecule has 1 fully saturated rings. The van der Waals surface area contributed by atoms with Crippen molar-refractivity contribution in [3.8, 4) is 5.75 Å². The van der Waals surface area contributed by atoms with E-state index in [-0.39, 0.29) is 5.75 Å². The molecule has 6 nitrogen and oxygen atoms in total. The van der Waals surface area contributed by atoms with Crippen LogP contribution in [-0.2, 0) is 14.1 Å². The van der Waals surface area contributed by atoms with Crippen LogP contribution in [0.5, 0.6) is 5.75 Å². The van der Waals surface area contributed by atoms with Gasteiger partial charge in [-0.15, -0.1) is 0 Å². The molecule has 1 aliphatic rings. The number of carboxylic acid groups (broad SMARTS) is 1. The lowest BCUT2D eigenvalue weighted by molar-refractivity contribution is -0.139. The molecule has 1 aromatic rings. The van der Waals surface area contributed by atoms with Crippen LogP contribution in [-0.4, -0.2) is 42.3 Å². The van der Waals surface area contributed by atoms with E-state index in [1.807, 2.05) is 27.7 Å². The first-order chi connectivity index (χ1) is 10.1. The maximum atomic E-state index is 11.1. The van der Waals surface area contributed by atoms with E-state index in [2.05, 4.69) is 0 Å². The molecule has 0 spiro atoms. The van der Waals surface area contributed by atoms with Crippen LogP contribution in [0.2, 0.25) is 0 Å². The third-order valence-corrected chi connectivity index (χ3v) is 3.97. The standard InChI is InChI=1S/C15H19BO6/c1-14(2)15(3,4)22-16(21-14)11-5-10(8-17)6-12(7-11)20-9-13(18)19/h5-8H,9H2,1-4H3,(H,18,19). The Hall–Kier alpha value is -1.86. The predicted molar refractivity (Wildman–Crippen MR) is 80.7 cm³/mol. The molecule has 22 heavy (non-hydrogen) atoms. The highest BCUT2D eigenvalue weighted by Crippen LogP contribution is 2.36. The molecule has 0 aliphatic carbocycles. The second-order valence-electron chi connectivity index (χ2n) is 6.22. The fraction of sp³-hybridized carbons (Fsp3) is 0.467. The van der Waals surface area contributed by atoms with Crippen molar-refractivity contribution in [2.45, 2.75) is 38.9 Å². The Morgan fingerprint density at radius 2 is 1.82 bits per heavy atom. The van der Waals surface area contributed by atoms with Gasteiger partial charge < -0.3 is 19.2 Å². The molecule has 0 unspecified atom stereocenters. The zero-order chi connectivity index (χ0) is 16.5. The summed E-state index contributed by atoms with van der Waals surface area (Å²) >= 11 is 0. The summed E-state index contributed by atoms with van der Waals surface area (Å²) in [6.45, 7) is 7.23. The van der Waals surface area contributed by atoms with Gasteiger partial charge >= 0.3 is 13.1 Å². The molecule has 1 saturated heterocycles. The summed E-state index contributed by atoms with van der Waals surface area (Å²) in [6, 6.07) is 4.74. The Morgan fingerprint density at radius 3 is 2.32 bits per heavy atom. The van der Waals surface area contributed by atoms with E-state index >= 15 is 0 Å². The van der Waals surface area contributed by atoms with Crippen molar-refractivity contribution >= 4 is 24.8 Å². The van der Waals surface area contributed by atoms with Crippen LogP contribution in [0.25, 0.3) is 0 Å². The van der Waals surface area contributed by atoms with Crippen molar-refractivity contribution in [1.29, 1.82) is 0 Å². The average molecular weight is 306 g/mol. The van der Waals surface area contributed by atoms with Crippen molar-refractivity contribution in [2.75, 3.05) is 6.61 Å². The number of aldehydes is 1. The van der Waals surface area contributed by atoms with E-state index in [1.165, 1.54) is 6.07 Å². The summed E-state index contributed by atoms with van der Waals surface area (Å²) in [5.74, 6) is -0.801. The maximum absolute atomic E-state index is 11.1. The van der Waals surface area contributed by atoms with Crippen LogP contribution < -0.4 is 10.2 Å². The second kappa shape index (κ2) is 5.74. The van der Waals surface area contributed by atoms with Crippen LogP contribution >= 0.6 is 0 Å². The lowest BCUT2D eigenvalue weighted by Gasteiger charge is -2.32. The SMILES string of the molecule is CC1(C)OB(c2cc(C=O)cc(OCC(=O)O)c2)OC1(C)C. The molecule has 0 atom stereocenters. The van der Waals surface area contributed by atoms with Gasteiger partial charge in [-0.1, -0.05) is 6.07 Å². The lowest BCUT2D eigenvalue weighted by Crippen LogP contribution is -2.41. The van der Waals surface area contributed by atoms with Crippen LogP contribution in [0.3, 0.4) is 0 Å². The number of carbonyl (C=O) groups is 2. The molecule has 7 heteroatoms. The summed E-state index contributed by atoms with van der Waals surface area (Å²) in [7, 11) is -0.642. The fourth-order valence-electron chi connectivity index (χ4n) is 2.06. The first-order valence-corrected chi connectivity index (χ1v) is 6.95. The smallest absolute Gasteiger partial charge is 0.482 e. The average Bonchev–Trinajstić information content (AvgIpc) is 2.65. The first-order valence-electron chi connectivity index (χ1n) is 6.95. The molecule has 0 radical (unpaired) electrons. The van der Waals surface area contributed by atoms with Gasteiger partial charge in [-0.25, -0.2) is 4.79 Å². The molecular formula is C15H19BO6. The number of ether oxygens (including phenoxy) is 1. The number of benzene rings is 1. The Balaban J connectivity index is 2.29. The summed E-state index contributed by atoms with van der Waals surface area (Å²) in [6.07, 6.45) is 0.669. The third kappa shape index (κ3) is 3.31. The van der Waals surface area contributed by atoms with Gasteiger partial charge in [0.05, 0.1) is 11.2 Å². The monoisotopic (exact) mass is 306 g/mol. The largest absolute Gasteiger partial charge is 0.494 e.